The number of rotatable bonds is 3. The second-order valence-electron chi connectivity index (χ2n) is 2.84. The number of carbonyl (C=O) groups is 1. The fraction of sp³-hybridized carbons (Fsp3) is 0.571. The van der Waals surface area contributed by atoms with Gasteiger partial charge in [-0.1, -0.05) is 6.58 Å². The van der Waals surface area contributed by atoms with Gasteiger partial charge in [-0.3, -0.25) is 0 Å². The topological polar surface area (TPSA) is 49.3 Å². The molecule has 0 heterocycles. The van der Waals surface area contributed by atoms with Gasteiger partial charge in [0, 0.05) is 5.70 Å². The molecule has 0 atom stereocenters. The molecule has 0 aliphatic carbocycles. The highest BCUT2D eigenvalue weighted by molar-refractivity contribution is 5.77. The van der Waals surface area contributed by atoms with Crippen LogP contribution < -0.4 is 5.32 Å². The Morgan fingerprint density at radius 3 is 2.10 bits per heavy atom. The zero-order chi connectivity index (χ0) is 8.36. The highest BCUT2D eigenvalue weighted by atomic mass is 16.4. The maximum Gasteiger partial charge on any atom is 0.328 e. The first-order valence-electron chi connectivity index (χ1n) is 3.03. The molecular formula is C7H13NO2. The average molecular weight is 143 g/mol. The van der Waals surface area contributed by atoms with Crippen LogP contribution in [-0.4, -0.2) is 16.6 Å². The Morgan fingerprint density at radius 2 is 2.00 bits per heavy atom. The van der Waals surface area contributed by atoms with Crippen LogP contribution in [0.3, 0.4) is 0 Å². The van der Waals surface area contributed by atoms with Crippen LogP contribution in [0, 0.1) is 0 Å². The summed E-state index contributed by atoms with van der Waals surface area (Å²) in [5.41, 5.74) is -0.251. The maximum atomic E-state index is 10.5. The fourth-order valence-electron chi connectivity index (χ4n) is 0.587. The van der Waals surface area contributed by atoms with Gasteiger partial charge in [0.1, 0.15) is 5.54 Å². The molecule has 3 heteroatoms. The van der Waals surface area contributed by atoms with Gasteiger partial charge >= 0.3 is 5.97 Å². The van der Waals surface area contributed by atoms with Crippen molar-refractivity contribution >= 4 is 5.97 Å². The van der Waals surface area contributed by atoms with E-state index in [9.17, 15) is 4.79 Å². The Morgan fingerprint density at radius 1 is 1.60 bits per heavy atom. The van der Waals surface area contributed by atoms with E-state index in [4.69, 9.17) is 5.11 Å². The minimum Gasteiger partial charge on any atom is -0.480 e. The molecule has 0 radical (unpaired) electrons. The van der Waals surface area contributed by atoms with E-state index in [2.05, 4.69) is 11.9 Å². The van der Waals surface area contributed by atoms with Crippen molar-refractivity contribution in [3.05, 3.63) is 12.3 Å². The molecular weight excluding hydrogens is 130 g/mol. The van der Waals surface area contributed by atoms with E-state index < -0.39 is 11.5 Å². The summed E-state index contributed by atoms with van der Waals surface area (Å²) >= 11 is 0. The molecule has 2 N–H and O–H groups in total. The quantitative estimate of drug-likeness (QED) is 0.619. The Bertz CT molecular complexity index is 161. The highest BCUT2D eigenvalue weighted by Crippen LogP contribution is 2.03. The van der Waals surface area contributed by atoms with E-state index in [0.717, 1.165) is 0 Å². The SMILES string of the molecule is C=C(C)NC(C)(C)C(=O)O. The lowest BCUT2D eigenvalue weighted by Crippen LogP contribution is -2.45. The van der Waals surface area contributed by atoms with E-state index in [1.807, 2.05) is 0 Å². The van der Waals surface area contributed by atoms with Crippen molar-refractivity contribution in [3.8, 4) is 0 Å². The lowest BCUT2D eigenvalue weighted by molar-refractivity contribution is -0.143. The van der Waals surface area contributed by atoms with Crippen molar-refractivity contribution in [1.29, 1.82) is 0 Å². The minimum atomic E-state index is -0.911. The predicted molar refractivity (Wildman–Crippen MR) is 39.7 cm³/mol. The largest absolute Gasteiger partial charge is 0.480 e. The summed E-state index contributed by atoms with van der Waals surface area (Å²) in [5, 5.41) is 11.3. The Kier molecular flexibility index (Phi) is 2.46. The minimum absolute atomic E-state index is 0.660. The van der Waals surface area contributed by atoms with Crippen LogP contribution in [0.5, 0.6) is 0 Å². The first kappa shape index (κ1) is 9.01. The number of aliphatic carboxylic acids is 1. The van der Waals surface area contributed by atoms with Crippen LogP contribution in [0.1, 0.15) is 20.8 Å². The predicted octanol–water partition coefficient (Wildman–Crippen LogP) is 0.973. The molecule has 10 heavy (non-hydrogen) atoms. The summed E-state index contributed by atoms with van der Waals surface area (Å²) in [5.74, 6) is -0.879. The number of carboxylic acids is 1. The molecule has 0 saturated carbocycles. The van der Waals surface area contributed by atoms with Crippen LogP contribution in [0.15, 0.2) is 12.3 Å². The molecule has 0 saturated heterocycles. The Balaban J connectivity index is 4.13. The summed E-state index contributed by atoms with van der Waals surface area (Å²) in [6, 6.07) is 0. The summed E-state index contributed by atoms with van der Waals surface area (Å²) in [7, 11) is 0. The van der Waals surface area contributed by atoms with Crippen molar-refractivity contribution in [1.82, 2.24) is 5.32 Å². The van der Waals surface area contributed by atoms with Crippen LogP contribution in [0.4, 0.5) is 0 Å². The summed E-state index contributed by atoms with van der Waals surface area (Å²) < 4.78 is 0. The van der Waals surface area contributed by atoms with Gasteiger partial charge in [-0.25, -0.2) is 4.79 Å². The van der Waals surface area contributed by atoms with Gasteiger partial charge in [0.15, 0.2) is 0 Å². The molecule has 0 aromatic carbocycles. The summed E-state index contributed by atoms with van der Waals surface area (Å²) in [4.78, 5) is 10.5. The third-order valence-electron chi connectivity index (χ3n) is 1.06. The van der Waals surface area contributed by atoms with Crippen molar-refractivity contribution in [2.24, 2.45) is 0 Å². The molecule has 0 bridgehead atoms. The van der Waals surface area contributed by atoms with E-state index in [0.29, 0.717) is 5.70 Å². The smallest absolute Gasteiger partial charge is 0.328 e. The van der Waals surface area contributed by atoms with Crippen molar-refractivity contribution in [2.45, 2.75) is 26.3 Å². The van der Waals surface area contributed by atoms with Crippen molar-refractivity contribution in [3.63, 3.8) is 0 Å². The Hall–Kier alpha value is -0.990. The normalized spacial score (nSPS) is 10.7. The van der Waals surface area contributed by atoms with Gasteiger partial charge in [0.25, 0.3) is 0 Å². The van der Waals surface area contributed by atoms with Crippen LogP contribution in [0.2, 0.25) is 0 Å². The lowest BCUT2D eigenvalue weighted by Gasteiger charge is -2.21. The third kappa shape index (κ3) is 2.53. The van der Waals surface area contributed by atoms with Crippen molar-refractivity contribution in [2.75, 3.05) is 0 Å². The number of hydrogen-bond acceptors (Lipinski definition) is 2. The molecule has 0 aromatic rings. The molecule has 0 spiro atoms. The maximum absolute atomic E-state index is 10.5. The van der Waals surface area contributed by atoms with E-state index in [1.54, 1.807) is 20.8 Å². The molecule has 0 rings (SSSR count). The number of allylic oxidation sites excluding steroid dienone is 1. The molecule has 58 valence electrons. The molecule has 0 aliphatic rings. The molecule has 0 aromatic heterocycles. The van der Waals surface area contributed by atoms with Crippen LogP contribution in [0.25, 0.3) is 0 Å². The van der Waals surface area contributed by atoms with Gasteiger partial charge in [0.2, 0.25) is 0 Å². The number of carboxylic acid groups (broad SMARTS) is 1. The fourth-order valence-corrected chi connectivity index (χ4v) is 0.587. The highest BCUT2D eigenvalue weighted by Gasteiger charge is 2.25. The first-order valence-corrected chi connectivity index (χ1v) is 3.03. The van der Waals surface area contributed by atoms with Gasteiger partial charge < -0.3 is 10.4 Å². The van der Waals surface area contributed by atoms with E-state index >= 15 is 0 Å². The van der Waals surface area contributed by atoms with E-state index in [-0.39, 0.29) is 0 Å². The van der Waals surface area contributed by atoms with Gasteiger partial charge in [-0.05, 0) is 20.8 Å². The molecule has 3 nitrogen and oxygen atoms in total. The monoisotopic (exact) mass is 143 g/mol. The van der Waals surface area contributed by atoms with Crippen LogP contribution in [-0.2, 0) is 4.79 Å². The zero-order valence-corrected chi connectivity index (χ0v) is 6.56. The standard InChI is InChI=1S/C7H13NO2/c1-5(2)8-7(3,4)6(9)10/h8H,1H2,2-4H3,(H,9,10). The van der Waals surface area contributed by atoms with Crippen molar-refractivity contribution < 1.29 is 9.90 Å². The van der Waals surface area contributed by atoms with Gasteiger partial charge in [0.05, 0.1) is 0 Å². The van der Waals surface area contributed by atoms with Gasteiger partial charge in [-0.2, -0.15) is 0 Å². The number of nitrogens with one attached hydrogen (secondary N) is 1. The molecule has 0 unspecified atom stereocenters. The second kappa shape index (κ2) is 2.73. The first-order chi connectivity index (χ1) is 4.36. The summed E-state index contributed by atoms with van der Waals surface area (Å²) in [6.45, 7) is 8.45. The molecule has 0 amide bonds. The van der Waals surface area contributed by atoms with Crippen LogP contribution >= 0.6 is 0 Å². The zero-order valence-electron chi connectivity index (χ0n) is 6.56. The average Bonchev–Trinajstić information content (AvgIpc) is 1.60. The lowest BCUT2D eigenvalue weighted by atomic mass is 10.1. The summed E-state index contributed by atoms with van der Waals surface area (Å²) in [6.07, 6.45) is 0. The molecule has 0 aliphatic heterocycles. The number of hydrogen-bond donors (Lipinski definition) is 2. The Labute approximate surface area is 60.7 Å². The van der Waals surface area contributed by atoms with E-state index in [1.165, 1.54) is 0 Å². The molecule has 0 fully saturated rings. The third-order valence-corrected chi connectivity index (χ3v) is 1.06. The van der Waals surface area contributed by atoms with Gasteiger partial charge in [-0.15, -0.1) is 0 Å². The second-order valence-corrected chi connectivity index (χ2v) is 2.84.